The van der Waals surface area contributed by atoms with E-state index >= 15 is 0 Å². The molecule has 0 unspecified atom stereocenters. The quantitative estimate of drug-likeness (QED) is 0.469. The Morgan fingerprint density at radius 3 is 2.33 bits per heavy atom. The summed E-state index contributed by atoms with van der Waals surface area (Å²) in [6.07, 6.45) is 0. The van der Waals surface area contributed by atoms with Crippen molar-refractivity contribution in [3.63, 3.8) is 0 Å². The van der Waals surface area contributed by atoms with Gasteiger partial charge < -0.3 is 5.31 Å². The summed E-state index contributed by atoms with van der Waals surface area (Å²) in [7, 11) is 5.59. The monoisotopic (exact) mass is 90.1 g/mol. The van der Waals surface area contributed by atoms with Crippen LogP contribution in [0, 0.1) is 0 Å². The Bertz CT molecular complexity index is 39.0. The van der Waals surface area contributed by atoms with E-state index in [1.165, 1.54) is 5.31 Å². The molecule has 0 radical (unpaired) electrons. The Morgan fingerprint density at radius 1 is 1.83 bits per heavy atom. The Kier molecular flexibility index (Phi) is 2.13. The maximum atomic E-state index is 6.90. The van der Waals surface area contributed by atoms with Gasteiger partial charge in [0.15, 0.2) is 0 Å². The van der Waals surface area contributed by atoms with Crippen molar-refractivity contribution in [3.05, 3.63) is 0 Å². The molecule has 0 saturated heterocycles. The molecule has 38 valence electrons. The second-order valence-electron chi connectivity index (χ2n) is 1.54. The Morgan fingerprint density at radius 2 is 2.33 bits per heavy atom. The lowest BCUT2D eigenvalue weighted by atomic mass is 10.9. The van der Waals surface area contributed by atoms with E-state index in [0.29, 0.717) is 6.67 Å². The molecule has 0 aliphatic heterocycles. The van der Waals surface area contributed by atoms with Crippen LogP contribution in [0.15, 0.2) is 0 Å². The smallest absolute Gasteiger partial charge is 0.123 e. The molecular formula is C4H12N2. The average Bonchev–Trinajstić information content (AvgIpc) is 1.27. The number of hydrogen-bond acceptors (Lipinski definition) is 2. The van der Waals surface area contributed by atoms with E-state index in [1.54, 1.807) is 7.05 Å². The molecule has 0 aliphatic rings. The van der Waals surface area contributed by atoms with Crippen molar-refractivity contribution in [1.29, 1.82) is 0 Å². The minimum atomic E-state index is 0.694. The summed E-state index contributed by atoms with van der Waals surface area (Å²) in [5.41, 5.74) is 0. The second-order valence-corrected chi connectivity index (χ2v) is 1.54. The van der Waals surface area contributed by atoms with E-state index in [1.807, 2.05) is 19.0 Å². The normalized spacial score (nSPS) is 13.2. The van der Waals surface area contributed by atoms with Crippen molar-refractivity contribution < 1.29 is 1.41 Å². The molecule has 0 aromatic heterocycles. The minimum Gasteiger partial charge on any atom is -0.307 e. The SMILES string of the molecule is [3H]N(C)CN(C)C. The van der Waals surface area contributed by atoms with Gasteiger partial charge in [0, 0.05) is 6.67 Å². The third-order valence-electron chi connectivity index (χ3n) is 0.424. The lowest BCUT2D eigenvalue weighted by molar-refractivity contribution is 0.385. The third-order valence-corrected chi connectivity index (χ3v) is 0.424. The first-order valence-corrected chi connectivity index (χ1v) is 1.97. The van der Waals surface area contributed by atoms with Crippen LogP contribution in [0.25, 0.3) is 0 Å². The molecule has 0 saturated carbocycles. The van der Waals surface area contributed by atoms with Gasteiger partial charge in [0.05, 0.1) is 0 Å². The third kappa shape index (κ3) is 3.92. The molecule has 0 spiro atoms. The molecule has 0 aromatic rings. The summed E-state index contributed by atoms with van der Waals surface area (Å²) in [6, 6.07) is 0. The van der Waals surface area contributed by atoms with Crippen LogP contribution in [-0.4, -0.2) is 32.7 Å². The molecule has 0 bridgehead atoms. The van der Waals surface area contributed by atoms with E-state index in [0.717, 1.165) is 0 Å². The lowest BCUT2D eigenvalue weighted by Crippen LogP contribution is -2.24. The van der Waals surface area contributed by atoms with E-state index < -0.39 is 0 Å². The van der Waals surface area contributed by atoms with Gasteiger partial charge in [-0.15, -0.1) is 0 Å². The zero-order valence-corrected chi connectivity index (χ0v) is 4.60. The minimum absolute atomic E-state index is 0.694. The fourth-order valence-electron chi connectivity index (χ4n) is 0.283. The first-order valence-electron chi connectivity index (χ1n) is 2.42. The molecule has 0 aliphatic carbocycles. The first-order chi connectivity index (χ1) is 3.13. The maximum Gasteiger partial charge on any atom is 0.123 e. The molecule has 0 heterocycles. The van der Waals surface area contributed by atoms with E-state index in [2.05, 4.69) is 0 Å². The second kappa shape index (κ2) is 3.12. The zero-order valence-electron chi connectivity index (χ0n) is 5.60. The molecule has 0 amide bonds. The van der Waals surface area contributed by atoms with E-state index in [-0.39, 0.29) is 0 Å². The highest BCUT2D eigenvalue weighted by molar-refractivity contribution is 4.30. The molecule has 0 fully saturated rings. The van der Waals surface area contributed by atoms with Crippen molar-refractivity contribution in [2.24, 2.45) is 0 Å². The van der Waals surface area contributed by atoms with Crippen LogP contribution < -0.4 is 5.31 Å². The summed E-state index contributed by atoms with van der Waals surface area (Å²) in [6.45, 7) is 0.694. The molecule has 1 N–H and O–H groups in total. The van der Waals surface area contributed by atoms with E-state index in [9.17, 15) is 0 Å². The van der Waals surface area contributed by atoms with Crippen LogP contribution in [0.5, 0.6) is 0 Å². The van der Waals surface area contributed by atoms with Gasteiger partial charge >= 0.3 is 0 Å². The van der Waals surface area contributed by atoms with Crippen molar-refractivity contribution in [2.75, 3.05) is 27.8 Å². The van der Waals surface area contributed by atoms with Crippen molar-refractivity contribution in [3.8, 4) is 0 Å². The maximum absolute atomic E-state index is 6.90. The van der Waals surface area contributed by atoms with Crippen molar-refractivity contribution in [2.45, 2.75) is 0 Å². The van der Waals surface area contributed by atoms with Crippen LogP contribution in [0.1, 0.15) is 0 Å². The Labute approximate surface area is 40.6 Å². The summed E-state index contributed by atoms with van der Waals surface area (Å²) in [5, 5.41) is 1.38. The summed E-state index contributed by atoms with van der Waals surface area (Å²) in [4.78, 5) is 1.94. The molecule has 2 heteroatoms. The van der Waals surface area contributed by atoms with Crippen molar-refractivity contribution in [1.82, 2.24) is 10.2 Å². The van der Waals surface area contributed by atoms with Crippen molar-refractivity contribution >= 4 is 0 Å². The Hall–Kier alpha value is -0.0800. The lowest BCUT2D eigenvalue weighted by Gasteiger charge is -2.05. The fraction of sp³-hybridized carbons (Fsp3) is 1.00. The van der Waals surface area contributed by atoms with Crippen LogP contribution in [0.3, 0.4) is 0 Å². The predicted molar refractivity (Wildman–Crippen MR) is 27.6 cm³/mol. The number of nitrogens with zero attached hydrogens (tertiary/aromatic N) is 1. The summed E-state index contributed by atoms with van der Waals surface area (Å²) in [5.74, 6) is 0. The largest absolute Gasteiger partial charge is 0.307 e. The number of nitrogens with one attached hydrogen (secondary N) is 1. The summed E-state index contributed by atoms with van der Waals surface area (Å²) < 4.78 is 6.90. The highest BCUT2D eigenvalue weighted by Crippen LogP contribution is 1.60. The first kappa shape index (κ1) is 4.09. The summed E-state index contributed by atoms with van der Waals surface area (Å²) >= 11 is 0. The molecule has 2 nitrogen and oxygen atoms in total. The molecule has 0 rings (SSSR count). The van der Waals surface area contributed by atoms with Crippen LogP contribution in [-0.2, 0) is 0 Å². The van der Waals surface area contributed by atoms with Gasteiger partial charge in [0.1, 0.15) is 1.41 Å². The van der Waals surface area contributed by atoms with Gasteiger partial charge in [-0.3, -0.25) is 4.90 Å². The highest BCUT2D eigenvalue weighted by Gasteiger charge is 1.77. The standard InChI is InChI=1S/C4H12N2/c1-5-4-6(2)3/h5H,4H2,1-3H3/i/hT. The van der Waals surface area contributed by atoms with Gasteiger partial charge in [-0.25, -0.2) is 0 Å². The average molecular weight is 90.2 g/mol. The number of hydrogen-bond donors (Lipinski definition) is 1. The topological polar surface area (TPSA) is 15.3 Å². The molecule has 6 heavy (non-hydrogen) atoms. The van der Waals surface area contributed by atoms with Gasteiger partial charge in [0.2, 0.25) is 0 Å². The Balaban J connectivity index is 2.95. The predicted octanol–water partition coefficient (Wildman–Crippen LogP) is -0.275. The van der Waals surface area contributed by atoms with Crippen LogP contribution in [0.2, 0.25) is 1.41 Å². The van der Waals surface area contributed by atoms with Gasteiger partial charge in [-0.05, 0) is 21.1 Å². The number of rotatable bonds is 2. The molecule has 0 aromatic carbocycles. The highest BCUT2D eigenvalue weighted by atomic mass is 15.2. The molecular weight excluding hydrogens is 76.1 g/mol. The van der Waals surface area contributed by atoms with Crippen LogP contribution in [0.4, 0.5) is 0 Å². The molecule has 0 atom stereocenters. The van der Waals surface area contributed by atoms with E-state index in [4.69, 9.17) is 1.41 Å². The fourth-order valence-corrected chi connectivity index (χ4v) is 0.283. The zero-order chi connectivity index (χ0) is 5.86. The van der Waals surface area contributed by atoms with Gasteiger partial charge in [-0.1, -0.05) is 0 Å². The van der Waals surface area contributed by atoms with Gasteiger partial charge in [0.25, 0.3) is 0 Å². The van der Waals surface area contributed by atoms with Gasteiger partial charge in [-0.2, -0.15) is 0 Å². The van der Waals surface area contributed by atoms with Crippen LogP contribution >= 0.6 is 0 Å².